The quantitative estimate of drug-likeness (QED) is 0.722. The van der Waals surface area contributed by atoms with Crippen molar-refractivity contribution in [3.05, 3.63) is 47.0 Å². The second-order valence-corrected chi connectivity index (χ2v) is 8.96. The van der Waals surface area contributed by atoms with Crippen molar-refractivity contribution in [2.24, 2.45) is 0 Å². The minimum absolute atomic E-state index is 0.0544. The van der Waals surface area contributed by atoms with Gasteiger partial charge in [0.15, 0.2) is 0 Å². The lowest BCUT2D eigenvalue weighted by Gasteiger charge is -2.24. The predicted molar refractivity (Wildman–Crippen MR) is 111 cm³/mol. The molecule has 0 radical (unpaired) electrons. The second-order valence-electron chi connectivity index (χ2n) is 6.74. The number of nitrogens with one attached hydrogen (secondary N) is 1. The highest BCUT2D eigenvalue weighted by atomic mass is 35.5. The Bertz CT molecular complexity index is 1090. The maximum atomic E-state index is 13.1. The SMILES string of the molecule is COc1cc(Cl)c(NC(=O)[C@H]2CCC(=O)N2S(=O)(=O)c2ccc(C)cc2)c(OC)c1. The van der Waals surface area contributed by atoms with Crippen molar-refractivity contribution in [1.29, 1.82) is 0 Å². The molecule has 8 nitrogen and oxygen atoms in total. The number of anilines is 1. The molecule has 2 aromatic carbocycles. The van der Waals surface area contributed by atoms with Gasteiger partial charge in [0.2, 0.25) is 11.8 Å². The molecule has 1 fully saturated rings. The number of aryl methyl sites for hydroxylation is 1. The summed E-state index contributed by atoms with van der Waals surface area (Å²) in [6, 6.07) is 7.90. The van der Waals surface area contributed by atoms with Crippen LogP contribution in [-0.2, 0) is 19.6 Å². The molecule has 2 aromatic rings. The number of benzene rings is 2. The lowest BCUT2D eigenvalue weighted by atomic mass is 10.2. The van der Waals surface area contributed by atoms with Gasteiger partial charge in [0.25, 0.3) is 10.0 Å². The van der Waals surface area contributed by atoms with Crippen LogP contribution in [0.2, 0.25) is 5.02 Å². The van der Waals surface area contributed by atoms with Crippen LogP contribution >= 0.6 is 11.6 Å². The number of ether oxygens (including phenoxy) is 2. The van der Waals surface area contributed by atoms with Gasteiger partial charge >= 0.3 is 0 Å². The van der Waals surface area contributed by atoms with Crippen LogP contribution in [0, 0.1) is 6.92 Å². The second kappa shape index (κ2) is 8.53. The van der Waals surface area contributed by atoms with E-state index in [9.17, 15) is 18.0 Å². The Morgan fingerprint density at radius 1 is 1.17 bits per heavy atom. The summed E-state index contributed by atoms with van der Waals surface area (Å²) in [6.07, 6.45) is 0.00248. The van der Waals surface area contributed by atoms with Crippen LogP contribution in [0.3, 0.4) is 0 Å². The fraction of sp³-hybridized carbons (Fsp3) is 0.300. The third kappa shape index (κ3) is 4.08. The van der Waals surface area contributed by atoms with E-state index in [-0.39, 0.29) is 34.2 Å². The van der Waals surface area contributed by atoms with Gasteiger partial charge in [-0.2, -0.15) is 0 Å². The third-order valence-electron chi connectivity index (χ3n) is 4.77. The first-order valence-corrected chi connectivity index (χ1v) is 10.9. The summed E-state index contributed by atoms with van der Waals surface area (Å²) in [7, 11) is -1.33. The average Bonchev–Trinajstić information content (AvgIpc) is 3.11. The van der Waals surface area contributed by atoms with Gasteiger partial charge < -0.3 is 14.8 Å². The van der Waals surface area contributed by atoms with Crippen LogP contribution in [-0.4, -0.2) is 44.8 Å². The highest BCUT2D eigenvalue weighted by molar-refractivity contribution is 7.89. The van der Waals surface area contributed by atoms with Crippen molar-refractivity contribution in [3.63, 3.8) is 0 Å². The number of carbonyl (C=O) groups excluding carboxylic acids is 2. The van der Waals surface area contributed by atoms with E-state index in [4.69, 9.17) is 21.1 Å². The number of amides is 2. The Morgan fingerprint density at radius 3 is 2.43 bits per heavy atom. The summed E-state index contributed by atoms with van der Waals surface area (Å²) in [4.78, 5) is 25.3. The van der Waals surface area contributed by atoms with Crippen molar-refractivity contribution in [2.45, 2.75) is 30.7 Å². The van der Waals surface area contributed by atoms with Crippen LogP contribution in [0.5, 0.6) is 11.5 Å². The Kier molecular flexibility index (Phi) is 6.23. The molecule has 0 aromatic heterocycles. The molecule has 1 aliphatic rings. The minimum Gasteiger partial charge on any atom is -0.497 e. The first kappa shape index (κ1) is 21.9. The Morgan fingerprint density at radius 2 is 1.83 bits per heavy atom. The fourth-order valence-electron chi connectivity index (χ4n) is 3.19. The maximum absolute atomic E-state index is 13.1. The van der Waals surface area contributed by atoms with Crippen molar-refractivity contribution >= 4 is 39.1 Å². The number of nitrogens with zero attached hydrogens (tertiary/aromatic N) is 1. The average molecular weight is 453 g/mol. The molecule has 1 atom stereocenters. The van der Waals surface area contributed by atoms with E-state index in [0.29, 0.717) is 10.1 Å². The topological polar surface area (TPSA) is 102 Å². The summed E-state index contributed by atoms with van der Waals surface area (Å²) in [5.41, 5.74) is 1.04. The molecule has 0 unspecified atom stereocenters. The lowest BCUT2D eigenvalue weighted by molar-refractivity contribution is -0.128. The molecule has 0 saturated carbocycles. The molecule has 1 aliphatic heterocycles. The molecule has 0 spiro atoms. The standard InChI is InChI=1S/C20H21ClN2O6S/c1-12-4-6-14(7-5-12)30(26,27)23-16(8-9-18(23)24)20(25)22-19-15(21)10-13(28-2)11-17(19)29-3/h4-7,10-11,16H,8-9H2,1-3H3,(H,22,25)/t16-/m1/s1. The first-order chi connectivity index (χ1) is 14.2. The van der Waals surface area contributed by atoms with Gasteiger partial charge in [-0.05, 0) is 25.5 Å². The molecule has 160 valence electrons. The zero-order valence-electron chi connectivity index (χ0n) is 16.6. The zero-order chi connectivity index (χ0) is 22.1. The van der Waals surface area contributed by atoms with Gasteiger partial charge in [0.1, 0.15) is 23.2 Å². The number of methoxy groups -OCH3 is 2. The molecule has 0 aliphatic carbocycles. The normalized spacial score (nSPS) is 16.5. The smallest absolute Gasteiger partial charge is 0.267 e. The number of sulfonamides is 1. The first-order valence-electron chi connectivity index (χ1n) is 9.05. The summed E-state index contributed by atoms with van der Waals surface area (Å²) in [6.45, 7) is 1.82. The van der Waals surface area contributed by atoms with E-state index in [1.165, 1.54) is 38.5 Å². The number of rotatable bonds is 6. The van der Waals surface area contributed by atoms with Gasteiger partial charge in [0, 0.05) is 18.6 Å². The number of carbonyl (C=O) groups is 2. The number of hydrogen-bond acceptors (Lipinski definition) is 6. The molecule has 0 bridgehead atoms. The van der Waals surface area contributed by atoms with Crippen molar-refractivity contribution < 1.29 is 27.5 Å². The zero-order valence-corrected chi connectivity index (χ0v) is 18.2. The van der Waals surface area contributed by atoms with Crippen LogP contribution < -0.4 is 14.8 Å². The van der Waals surface area contributed by atoms with Gasteiger partial charge in [-0.25, -0.2) is 12.7 Å². The van der Waals surface area contributed by atoms with E-state index in [0.717, 1.165) is 5.56 Å². The summed E-state index contributed by atoms with van der Waals surface area (Å²) >= 11 is 6.23. The minimum atomic E-state index is -4.19. The third-order valence-corrected chi connectivity index (χ3v) is 6.91. The lowest BCUT2D eigenvalue weighted by Crippen LogP contribution is -2.45. The predicted octanol–water partition coefficient (Wildman–Crippen LogP) is 2.98. The van der Waals surface area contributed by atoms with Crippen LogP contribution in [0.15, 0.2) is 41.3 Å². The summed E-state index contributed by atoms with van der Waals surface area (Å²) in [5, 5.41) is 2.75. The van der Waals surface area contributed by atoms with Crippen LogP contribution in [0.4, 0.5) is 5.69 Å². The highest BCUT2D eigenvalue weighted by Crippen LogP contribution is 2.37. The number of hydrogen-bond donors (Lipinski definition) is 1. The molecule has 2 amide bonds. The van der Waals surface area contributed by atoms with Gasteiger partial charge in [-0.15, -0.1) is 0 Å². The van der Waals surface area contributed by atoms with Crippen LogP contribution in [0.25, 0.3) is 0 Å². The van der Waals surface area contributed by atoms with Crippen molar-refractivity contribution in [3.8, 4) is 11.5 Å². The van der Waals surface area contributed by atoms with E-state index < -0.39 is 27.9 Å². The highest BCUT2D eigenvalue weighted by Gasteiger charge is 2.44. The molecule has 30 heavy (non-hydrogen) atoms. The molecule has 1 heterocycles. The van der Waals surface area contributed by atoms with Crippen molar-refractivity contribution in [1.82, 2.24) is 4.31 Å². The maximum Gasteiger partial charge on any atom is 0.267 e. The number of halogens is 1. The summed E-state index contributed by atoms with van der Waals surface area (Å²) in [5.74, 6) is -0.648. The van der Waals surface area contributed by atoms with Crippen LogP contribution in [0.1, 0.15) is 18.4 Å². The monoisotopic (exact) mass is 452 g/mol. The Hall–Kier alpha value is -2.78. The van der Waals surface area contributed by atoms with Gasteiger partial charge in [-0.3, -0.25) is 9.59 Å². The van der Waals surface area contributed by atoms with Crippen molar-refractivity contribution in [2.75, 3.05) is 19.5 Å². The molecule has 1 N–H and O–H groups in total. The molecule has 3 rings (SSSR count). The molecular formula is C20H21ClN2O6S. The fourth-order valence-corrected chi connectivity index (χ4v) is 5.04. The largest absolute Gasteiger partial charge is 0.497 e. The van der Waals surface area contributed by atoms with E-state index >= 15 is 0 Å². The molecule has 10 heteroatoms. The molecule has 1 saturated heterocycles. The van der Waals surface area contributed by atoms with E-state index in [1.54, 1.807) is 12.1 Å². The van der Waals surface area contributed by atoms with Gasteiger partial charge in [-0.1, -0.05) is 29.3 Å². The van der Waals surface area contributed by atoms with E-state index in [2.05, 4.69) is 5.32 Å². The summed E-state index contributed by atoms with van der Waals surface area (Å²) < 4.78 is 37.1. The Labute approximate surface area is 179 Å². The van der Waals surface area contributed by atoms with Gasteiger partial charge in [0.05, 0.1) is 24.1 Å². The molecular weight excluding hydrogens is 432 g/mol. The van der Waals surface area contributed by atoms with E-state index in [1.807, 2.05) is 6.92 Å². The Balaban J connectivity index is 1.92.